The molecule has 2 rings (SSSR count). The summed E-state index contributed by atoms with van der Waals surface area (Å²) in [5.74, 6) is 0. The van der Waals surface area contributed by atoms with E-state index in [0.29, 0.717) is 0 Å². The first-order valence-corrected chi connectivity index (χ1v) is 3.32. The second kappa shape index (κ2) is 5.57. The van der Waals surface area contributed by atoms with Crippen LogP contribution < -0.4 is 17.0 Å². The van der Waals surface area contributed by atoms with Crippen LogP contribution in [0, 0.1) is 6.07 Å². The molecule has 0 aromatic heterocycles. The van der Waals surface area contributed by atoms with Crippen LogP contribution in [-0.2, 0) is 0 Å². The predicted octanol–water partition coefficient (Wildman–Crippen LogP) is -0.737. The summed E-state index contributed by atoms with van der Waals surface area (Å²) in [5.41, 5.74) is 0. The Morgan fingerprint density at radius 1 is 0.917 bits per heavy atom. The summed E-state index contributed by atoms with van der Waals surface area (Å²) < 4.78 is 0. The zero-order valence-electron chi connectivity index (χ0n) is 6.63. The molecule has 0 nitrogen and oxygen atoms in total. The molecule has 0 atom stereocenters. The molecule has 0 N–H and O–H groups in total. The van der Waals surface area contributed by atoms with Gasteiger partial charge in [0.05, 0.1) is 0 Å². The molecule has 0 saturated carbocycles. The van der Waals surface area contributed by atoms with Gasteiger partial charge in [0.1, 0.15) is 0 Å². The van der Waals surface area contributed by atoms with Crippen LogP contribution in [0.2, 0.25) is 0 Å². The standard InChI is InChI=1S/C10H7.BrH.Mg/c1-2-6-10-8-4-3-7-9(10)5-1;;/h1-7H;1H;/q-1;;+2/p-1. The Morgan fingerprint density at radius 3 is 2.33 bits per heavy atom. The molecule has 2 aromatic rings. The summed E-state index contributed by atoms with van der Waals surface area (Å²) in [6.45, 7) is 0. The van der Waals surface area contributed by atoms with E-state index in [2.05, 4.69) is 24.3 Å². The second-order valence-corrected chi connectivity index (χ2v) is 2.26. The van der Waals surface area contributed by atoms with Crippen LogP contribution in [0.4, 0.5) is 0 Å². The van der Waals surface area contributed by atoms with Crippen LogP contribution in [0.3, 0.4) is 0 Å². The first-order valence-electron chi connectivity index (χ1n) is 3.32. The van der Waals surface area contributed by atoms with Crippen molar-refractivity contribution in [2.75, 3.05) is 0 Å². The minimum absolute atomic E-state index is 0. The van der Waals surface area contributed by atoms with E-state index in [1.54, 1.807) is 0 Å². The van der Waals surface area contributed by atoms with Gasteiger partial charge in [0, 0.05) is 0 Å². The summed E-state index contributed by atoms with van der Waals surface area (Å²) in [6, 6.07) is 17.4. The summed E-state index contributed by atoms with van der Waals surface area (Å²) in [7, 11) is 0. The molecule has 0 fully saturated rings. The molecule has 2 aromatic carbocycles. The van der Waals surface area contributed by atoms with E-state index in [9.17, 15) is 0 Å². The molecule has 56 valence electrons. The summed E-state index contributed by atoms with van der Waals surface area (Å²) in [5, 5.41) is 2.44. The Bertz CT molecular complexity index is 281. The molecule has 0 radical (unpaired) electrons. The maximum absolute atomic E-state index is 3.15. The predicted molar refractivity (Wildman–Crippen MR) is 48.5 cm³/mol. The summed E-state index contributed by atoms with van der Waals surface area (Å²) >= 11 is 0. The summed E-state index contributed by atoms with van der Waals surface area (Å²) in [4.78, 5) is 0. The Kier molecular flexibility index (Phi) is 5.54. The van der Waals surface area contributed by atoms with Crippen molar-refractivity contribution in [2.45, 2.75) is 0 Å². The van der Waals surface area contributed by atoms with Gasteiger partial charge in [0.15, 0.2) is 0 Å². The molecule has 2 heteroatoms. The molecule has 0 heterocycles. The van der Waals surface area contributed by atoms with Crippen LogP contribution in [-0.4, -0.2) is 23.1 Å². The largest absolute Gasteiger partial charge is 2.00 e. The van der Waals surface area contributed by atoms with E-state index in [-0.39, 0.29) is 40.0 Å². The molecule has 0 amide bonds. The molecule has 0 bridgehead atoms. The smallest absolute Gasteiger partial charge is 1.00 e. The maximum atomic E-state index is 3.15. The van der Waals surface area contributed by atoms with Crippen LogP contribution in [0.25, 0.3) is 10.8 Å². The van der Waals surface area contributed by atoms with E-state index < -0.39 is 0 Å². The van der Waals surface area contributed by atoms with Gasteiger partial charge < -0.3 is 17.0 Å². The first-order chi connectivity index (χ1) is 4.97. The van der Waals surface area contributed by atoms with Crippen molar-refractivity contribution in [2.24, 2.45) is 0 Å². The first kappa shape index (κ1) is 11.9. The molecule has 0 aliphatic heterocycles. The monoisotopic (exact) mass is 230 g/mol. The Hall–Kier alpha value is -0.0538. The fourth-order valence-corrected chi connectivity index (χ4v) is 1.06. The Morgan fingerprint density at radius 2 is 1.58 bits per heavy atom. The fraction of sp³-hybridized carbons (Fsp3) is 0. The topological polar surface area (TPSA) is 0 Å². The summed E-state index contributed by atoms with van der Waals surface area (Å²) in [6.07, 6.45) is 0. The Balaban J connectivity index is 0.000000605. The van der Waals surface area contributed by atoms with Crippen LogP contribution in [0.1, 0.15) is 0 Å². The number of hydrogen-bond acceptors (Lipinski definition) is 0. The molecular formula is C10H7BrMg. The number of halogens is 1. The van der Waals surface area contributed by atoms with Gasteiger partial charge in [-0.3, -0.25) is 0 Å². The zero-order chi connectivity index (χ0) is 6.81. The minimum Gasteiger partial charge on any atom is -1.00 e. The van der Waals surface area contributed by atoms with E-state index >= 15 is 0 Å². The number of hydrogen-bond donors (Lipinski definition) is 0. The van der Waals surface area contributed by atoms with Crippen molar-refractivity contribution in [3.63, 3.8) is 0 Å². The SMILES string of the molecule is [Br-].[Mg+2].[c-]1cccc2ccccc12. The van der Waals surface area contributed by atoms with Gasteiger partial charge in [-0.1, -0.05) is 12.1 Å². The van der Waals surface area contributed by atoms with Gasteiger partial charge in [-0.2, -0.15) is 0 Å². The van der Waals surface area contributed by atoms with Crippen molar-refractivity contribution >= 4 is 33.8 Å². The molecule has 0 spiro atoms. The van der Waals surface area contributed by atoms with Crippen LogP contribution in [0.5, 0.6) is 0 Å². The quantitative estimate of drug-likeness (QED) is 0.414. The van der Waals surface area contributed by atoms with E-state index in [1.165, 1.54) is 10.8 Å². The molecule has 0 saturated heterocycles. The van der Waals surface area contributed by atoms with Crippen molar-refractivity contribution in [1.82, 2.24) is 0 Å². The zero-order valence-corrected chi connectivity index (χ0v) is 9.63. The number of rotatable bonds is 0. The van der Waals surface area contributed by atoms with Crippen molar-refractivity contribution in [3.8, 4) is 0 Å². The van der Waals surface area contributed by atoms with Gasteiger partial charge in [0.2, 0.25) is 0 Å². The van der Waals surface area contributed by atoms with Gasteiger partial charge in [-0.25, -0.2) is 0 Å². The maximum Gasteiger partial charge on any atom is 2.00 e. The molecule has 0 aliphatic carbocycles. The third-order valence-corrected chi connectivity index (χ3v) is 1.57. The third kappa shape index (κ3) is 2.47. The van der Waals surface area contributed by atoms with Gasteiger partial charge in [-0.05, 0) is 0 Å². The van der Waals surface area contributed by atoms with E-state index in [0.717, 1.165) is 0 Å². The van der Waals surface area contributed by atoms with Crippen molar-refractivity contribution in [3.05, 3.63) is 48.5 Å². The molecular weight excluding hydrogens is 224 g/mol. The average molecular weight is 231 g/mol. The Labute approximate surface area is 98.9 Å². The molecule has 0 aliphatic rings. The average Bonchev–Trinajstić information content (AvgIpc) is 2.05. The molecule has 0 unspecified atom stereocenters. The molecule has 12 heavy (non-hydrogen) atoms. The minimum atomic E-state index is 0. The van der Waals surface area contributed by atoms with E-state index in [1.807, 2.05) is 24.3 Å². The van der Waals surface area contributed by atoms with Gasteiger partial charge in [0.25, 0.3) is 0 Å². The number of benzene rings is 2. The van der Waals surface area contributed by atoms with Gasteiger partial charge >= 0.3 is 23.1 Å². The second-order valence-electron chi connectivity index (χ2n) is 2.26. The van der Waals surface area contributed by atoms with Crippen LogP contribution >= 0.6 is 0 Å². The fourth-order valence-electron chi connectivity index (χ4n) is 1.06. The van der Waals surface area contributed by atoms with Crippen molar-refractivity contribution in [1.29, 1.82) is 0 Å². The van der Waals surface area contributed by atoms with Gasteiger partial charge in [-0.15, -0.1) is 47.2 Å². The third-order valence-electron chi connectivity index (χ3n) is 1.57. The van der Waals surface area contributed by atoms with Crippen LogP contribution in [0.15, 0.2) is 42.5 Å². The van der Waals surface area contributed by atoms with E-state index in [4.69, 9.17) is 0 Å². The number of fused-ring (bicyclic) bond motifs is 1. The normalized spacial score (nSPS) is 8.33. The van der Waals surface area contributed by atoms with Crippen molar-refractivity contribution < 1.29 is 17.0 Å².